The molecule has 1 unspecified atom stereocenters. The van der Waals surface area contributed by atoms with Crippen molar-refractivity contribution < 1.29 is 27.8 Å². The summed E-state index contributed by atoms with van der Waals surface area (Å²) in [5.74, 6) is -0.337. The molecule has 4 aliphatic rings. The number of hydrogen-bond acceptors (Lipinski definition) is 2. The number of aryl methyl sites for hydroxylation is 1. The van der Waals surface area contributed by atoms with Crippen LogP contribution in [0.2, 0.25) is 0 Å². The van der Waals surface area contributed by atoms with Gasteiger partial charge in [0.2, 0.25) is 0 Å². The lowest BCUT2D eigenvalue weighted by Gasteiger charge is -2.59. The summed E-state index contributed by atoms with van der Waals surface area (Å²) >= 11 is 0. The SMILES string of the molecule is C[C@]12CC[C@H]3[C@@H](CC=C4C[C@@H](O)CC[C@@]43C)[C@@H]1CC[C@@H]2C(O)(CCc1ccc(F)cc1)C(F)(F)F. The topological polar surface area (TPSA) is 40.5 Å². The number of benzene rings is 1. The number of alkyl halides is 3. The van der Waals surface area contributed by atoms with E-state index in [9.17, 15) is 27.8 Å². The molecule has 0 aliphatic heterocycles. The van der Waals surface area contributed by atoms with Crippen LogP contribution in [-0.4, -0.2) is 28.1 Å². The highest BCUT2D eigenvalue weighted by molar-refractivity contribution is 5.26. The van der Waals surface area contributed by atoms with Crippen LogP contribution >= 0.6 is 0 Å². The molecule has 0 heterocycles. The number of halogens is 4. The first-order valence-electron chi connectivity index (χ1n) is 13.3. The highest BCUT2D eigenvalue weighted by Crippen LogP contribution is 2.68. The molecule has 3 saturated carbocycles. The second-order valence-corrected chi connectivity index (χ2v) is 12.4. The zero-order valence-electron chi connectivity index (χ0n) is 20.8. The molecule has 0 aromatic heterocycles. The lowest BCUT2D eigenvalue weighted by atomic mass is 9.46. The van der Waals surface area contributed by atoms with Crippen molar-refractivity contribution in [3.8, 4) is 0 Å². The maximum atomic E-state index is 14.6. The van der Waals surface area contributed by atoms with E-state index in [1.54, 1.807) is 0 Å². The zero-order valence-corrected chi connectivity index (χ0v) is 20.8. The molecule has 194 valence electrons. The van der Waals surface area contributed by atoms with Crippen LogP contribution in [0.15, 0.2) is 35.9 Å². The third-order valence-corrected chi connectivity index (χ3v) is 10.9. The Morgan fingerprint density at radius 3 is 2.37 bits per heavy atom. The van der Waals surface area contributed by atoms with Crippen molar-refractivity contribution in [1.82, 2.24) is 0 Å². The first-order chi connectivity index (χ1) is 16.4. The van der Waals surface area contributed by atoms with Gasteiger partial charge in [0.05, 0.1) is 6.10 Å². The molecule has 0 spiro atoms. The first-order valence-corrected chi connectivity index (χ1v) is 13.3. The normalized spacial score (nSPS) is 40.8. The molecule has 35 heavy (non-hydrogen) atoms. The quantitative estimate of drug-likeness (QED) is 0.350. The summed E-state index contributed by atoms with van der Waals surface area (Å²) in [7, 11) is 0. The van der Waals surface area contributed by atoms with Gasteiger partial charge in [0.15, 0.2) is 5.60 Å². The Bertz CT molecular complexity index is 972. The van der Waals surface area contributed by atoms with Crippen LogP contribution in [0.5, 0.6) is 0 Å². The van der Waals surface area contributed by atoms with Gasteiger partial charge in [0, 0.05) is 5.92 Å². The second-order valence-electron chi connectivity index (χ2n) is 12.4. The van der Waals surface area contributed by atoms with Gasteiger partial charge in [-0.1, -0.05) is 37.6 Å². The Morgan fingerprint density at radius 1 is 0.971 bits per heavy atom. The molecular formula is C29H38F4O2. The van der Waals surface area contributed by atoms with Crippen LogP contribution in [0.25, 0.3) is 0 Å². The van der Waals surface area contributed by atoms with Gasteiger partial charge in [-0.3, -0.25) is 0 Å². The molecule has 3 fully saturated rings. The monoisotopic (exact) mass is 494 g/mol. The smallest absolute Gasteiger partial charge is 0.393 e. The Kier molecular flexibility index (Phi) is 6.19. The van der Waals surface area contributed by atoms with Gasteiger partial charge in [-0.05, 0) is 110 Å². The molecule has 1 aromatic rings. The minimum Gasteiger partial charge on any atom is -0.393 e. The fraction of sp³-hybridized carbons (Fsp3) is 0.724. The third kappa shape index (κ3) is 3.98. The molecular weight excluding hydrogens is 456 g/mol. The van der Waals surface area contributed by atoms with Crippen LogP contribution in [-0.2, 0) is 6.42 Å². The van der Waals surface area contributed by atoms with Crippen molar-refractivity contribution in [1.29, 1.82) is 0 Å². The average Bonchev–Trinajstić information content (AvgIpc) is 3.16. The number of fused-ring (bicyclic) bond motifs is 5. The maximum absolute atomic E-state index is 14.6. The first kappa shape index (κ1) is 25.3. The molecule has 4 aliphatic carbocycles. The van der Waals surface area contributed by atoms with E-state index in [1.165, 1.54) is 29.8 Å². The maximum Gasteiger partial charge on any atom is 0.417 e. The molecule has 5 rings (SSSR count). The summed E-state index contributed by atoms with van der Waals surface area (Å²) in [4.78, 5) is 0. The van der Waals surface area contributed by atoms with Gasteiger partial charge in [-0.25, -0.2) is 4.39 Å². The van der Waals surface area contributed by atoms with Gasteiger partial charge < -0.3 is 10.2 Å². The molecule has 2 nitrogen and oxygen atoms in total. The summed E-state index contributed by atoms with van der Waals surface area (Å²) in [5, 5.41) is 21.6. The van der Waals surface area contributed by atoms with Crippen molar-refractivity contribution in [2.75, 3.05) is 0 Å². The molecule has 0 radical (unpaired) electrons. The largest absolute Gasteiger partial charge is 0.417 e. The molecule has 8 atom stereocenters. The second kappa shape index (κ2) is 8.58. The fourth-order valence-electron chi connectivity index (χ4n) is 8.93. The fourth-order valence-corrected chi connectivity index (χ4v) is 8.93. The summed E-state index contributed by atoms with van der Waals surface area (Å²) in [6.07, 6.45) is 2.95. The van der Waals surface area contributed by atoms with Gasteiger partial charge in [0.25, 0.3) is 0 Å². The summed E-state index contributed by atoms with van der Waals surface area (Å²) < 4.78 is 57.0. The lowest BCUT2D eigenvalue weighted by Crippen LogP contribution is -2.58. The van der Waals surface area contributed by atoms with E-state index >= 15 is 0 Å². The minimum absolute atomic E-state index is 0.0322. The van der Waals surface area contributed by atoms with E-state index in [-0.39, 0.29) is 23.9 Å². The number of aliphatic hydroxyl groups is 2. The zero-order chi connectivity index (χ0) is 25.2. The van der Waals surface area contributed by atoms with E-state index in [0.717, 1.165) is 38.5 Å². The van der Waals surface area contributed by atoms with Crippen molar-refractivity contribution in [2.24, 2.45) is 34.5 Å². The van der Waals surface area contributed by atoms with Crippen LogP contribution < -0.4 is 0 Å². The highest BCUT2D eigenvalue weighted by atomic mass is 19.4. The molecule has 0 amide bonds. The Hall–Kier alpha value is -1.40. The van der Waals surface area contributed by atoms with Crippen LogP contribution in [0.1, 0.15) is 77.2 Å². The molecule has 2 N–H and O–H groups in total. The van der Waals surface area contributed by atoms with Crippen LogP contribution in [0.4, 0.5) is 17.6 Å². The Labute approximate surface area is 205 Å². The summed E-state index contributed by atoms with van der Waals surface area (Å²) in [6, 6.07) is 5.52. The van der Waals surface area contributed by atoms with Crippen molar-refractivity contribution >= 4 is 0 Å². The lowest BCUT2D eigenvalue weighted by molar-refractivity contribution is -0.295. The van der Waals surface area contributed by atoms with Crippen molar-refractivity contribution in [3.63, 3.8) is 0 Å². The number of aliphatic hydroxyl groups excluding tert-OH is 1. The summed E-state index contributed by atoms with van der Waals surface area (Å²) in [5.41, 5.74) is -1.34. The van der Waals surface area contributed by atoms with Gasteiger partial charge in [-0.15, -0.1) is 0 Å². The Balaban J connectivity index is 1.41. The average molecular weight is 495 g/mol. The summed E-state index contributed by atoms with van der Waals surface area (Å²) in [6.45, 7) is 4.32. The van der Waals surface area contributed by atoms with Gasteiger partial charge in [-0.2, -0.15) is 13.2 Å². The number of hydrogen-bond donors (Lipinski definition) is 2. The van der Waals surface area contributed by atoms with E-state index in [4.69, 9.17) is 0 Å². The van der Waals surface area contributed by atoms with Crippen molar-refractivity contribution in [2.45, 2.75) is 95.9 Å². The predicted octanol–water partition coefficient (Wildman–Crippen LogP) is 6.99. The van der Waals surface area contributed by atoms with E-state index in [0.29, 0.717) is 30.2 Å². The third-order valence-electron chi connectivity index (χ3n) is 10.9. The highest BCUT2D eigenvalue weighted by Gasteiger charge is 2.68. The van der Waals surface area contributed by atoms with Gasteiger partial charge in [0.1, 0.15) is 5.82 Å². The standard InChI is InChI=1S/C29H38F4O2/c1-26-14-12-21(34)17-19(26)5-8-22-23-9-10-25(27(23,2)15-13-24(22)26)28(35,29(31,32)33)16-11-18-3-6-20(30)7-4-18/h3-7,21-25,34-35H,8-17H2,1-2H3/t21-,22-,23-,24-,25-,26-,27-,28?/m0/s1. The van der Waals surface area contributed by atoms with Crippen LogP contribution in [0, 0.1) is 40.3 Å². The minimum atomic E-state index is -4.72. The molecule has 0 bridgehead atoms. The van der Waals surface area contributed by atoms with E-state index in [1.807, 2.05) is 6.92 Å². The number of allylic oxidation sites excluding steroid dienone is 1. The van der Waals surface area contributed by atoms with E-state index in [2.05, 4.69) is 13.0 Å². The predicted molar refractivity (Wildman–Crippen MR) is 127 cm³/mol. The van der Waals surface area contributed by atoms with Gasteiger partial charge >= 0.3 is 6.18 Å². The number of rotatable bonds is 4. The Morgan fingerprint density at radius 2 is 1.69 bits per heavy atom. The van der Waals surface area contributed by atoms with Crippen molar-refractivity contribution in [3.05, 3.63) is 47.3 Å². The van der Waals surface area contributed by atoms with E-state index < -0.39 is 35.3 Å². The van der Waals surface area contributed by atoms with Crippen LogP contribution in [0.3, 0.4) is 0 Å². The molecule has 6 heteroatoms. The molecule has 1 aromatic carbocycles. The molecule has 0 saturated heterocycles.